The Morgan fingerprint density at radius 3 is 2.33 bits per heavy atom. The maximum absolute atomic E-state index is 9.34. The first kappa shape index (κ1) is 14.3. The smallest absolute Gasteiger partial charge is 0.208 e. The Morgan fingerprint density at radius 1 is 1.05 bits per heavy atom. The number of piperazine rings is 1. The van der Waals surface area contributed by atoms with Gasteiger partial charge in [-0.15, -0.1) is 10.2 Å². The molecule has 0 aliphatic carbocycles. The van der Waals surface area contributed by atoms with Crippen LogP contribution in [-0.2, 0) is 0 Å². The van der Waals surface area contributed by atoms with Crippen LogP contribution < -0.4 is 4.90 Å². The molecule has 2 aromatic rings. The first-order chi connectivity index (χ1) is 10.1. The van der Waals surface area contributed by atoms with E-state index in [4.69, 9.17) is 0 Å². The predicted molar refractivity (Wildman–Crippen MR) is 85.9 cm³/mol. The van der Waals surface area contributed by atoms with Crippen LogP contribution in [0.25, 0.3) is 10.6 Å². The quantitative estimate of drug-likeness (QED) is 0.944. The lowest BCUT2D eigenvalue weighted by atomic mass is 10.2. The Morgan fingerprint density at radius 2 is 1.71 bits per heavy atom. The minimum atomic E-state index is 0.272. The molecule has 1 aliphatic heterocycles. The minimum absolute atomic E-state index is 0.272. The van der Waals surface area contributed by atoms with Crippen LogP contribution in [0.5, 0.6) is 5.75 Å². The molecule has 3 rings (SSSR count). The average molecular weight is 304 g/mol. The van der Waals surface area contributed by atoms with Gasteiger partial charge < -0.3 is 10.0 Å². The van der Waals surface area contributed by atoms with Gasteiger partial charge in [-0.2, -0.15) is 0 Å². The monoisotopic (exact) mass is 304 g/mol. The van der Waals surface area contributed by atoms with Gasteiger partial charge in [-0.05, 0) is 38.1 Å². The van der Waals surface area contributed by atoms with E-state index in [2.05, 4.69) is 33.8 Å². The molecular formula is C15H20N4OS. The van der Waals surface area contributed by atoms with E-state index >= 15 is 0 Å². The molecule has 0 spiro atoms. The van der Waals surface area contributed by atoms with Crippen LogP contribution in [-0.4, -0.2) is 52.4 Å². The molecule has 21 heavy (non-hydrogen) atoms. The molecule has 0 unspecified atom stereocenters. The van der Waals surface area contributed by atoms with Crippen molar-refractivity contribution in [2.24, 2.45) is 0 Å². The van der Waals surface area contributed by atoms with Gasteiger partial charge in [0.1, 0.15) is 10.8 Å². The molecule has 1 aliphatic rings. The van der Waals surface area contributed by atoms with Crippen molar-refractivity contribution in [3.05, 3.63) is 24.3 Å². The molecule has 1 aromatic carbocycles. The third-order valence-electron chi connectivity index (χ3n) is 3.84. The fraction of sp³-hybridized carbons (Fsp3) is 0.467. The lowest BCUT2D eigenvalue weighted by molar-refractivity contribution is 0.209. The number of aromatic hydroxyl groups is 1. The van der Waals surface area contributed by atoms with Crippen LogP contribution in [0.4, 0.5) is 5.13 Å². The number of rotatable bonds is 3. The van der Waals surface area contributed by atoms with E-state index in [-0.39, 0.29) is 5.75 Å². The summed E-state index contributed by atoms with van der Waals surface area (Å²) in [6, 6.07) is 7.71. The van der Waals surface area contributed by atoms with E-state index in [1.165, 1.54) is 0 Å². The van der Waals surface area contributed by atoms with Crippen molar-refractivity contribution in [2.45, 2.75) is 19.9 Å². The van der Waals surface area contributed by atoms with Crippen LogP contribution in [0.3, 0.4) is 0 Å². The summed E-state index contributed by atoms with van der Waals surface area (Å²) in [5.41, 5.74) is 0.998. The Bertz CT molecular complexity index is 588. The normalized spacial score (nSPS) is 16.6. The highest BCUT2D eigenvalue weighted by Gasteiger charge is 2.21. The van der Waals surface area contributed by atoms with E-state index in [9.17, 15) is 5.11 Å². The standard InChI is InChI=1S/C15H20N4OS/c1-11(2)18-7-9-19(10-8-18)15-17-16-14(21-15)12-3-5-13(20)6-4-12/h3-6,11,20H,7-10H2,1-2H3. The maximum atomic E-state index is 9.34. The number of hydrogen-bond donors (Lipinski definition) is 1. The lowest BCUT2D eigenvalue weighted by Crippen LogP contribution is -2.48. The molecular weight excluding hydrogens is 284 g/mol. The molecule has 6 heteroatoms. The fourth-order valence-corrected chi connectivity index (χ4v) is 3.40. The second kappa shape index (κ2) is 5.99. The number of phenols is 1. The summed E-state index contributed by atoms with van der Waals surface area (Å²) in [4.78, 5) is 4.79. The van der Waals surface area contributed by atoms with Gasteiger partial charge in [-0.1, -0.05) is 11.3 Å². The molecule has 0 atom stereocenters. The Kier molecular flexibility index (Phi) is 4.07. The number of nitrogens with zero attached hydrogens (tertiary/aromatic N) is 4. The van der Waals surface area contributed by atoms with Gasteiger partial charge in [-0.3, -0.25) is 4.90 Å². The van der Waals surface area contributed by atoms with Crippen molar-refractivity contribution in [1.82, 2.24) is 15.1 Å². The molecule has 0 saturated carbocycles. The Hall–Kier alpha value is -1.66. The number of anilines is 1. The van der Waals surface area contributed by atoms with Gasteiger partial charge in [0.2, 0.25) is 5.13 Å². The molecule has 1 N–H and O–H groups in total. The summed E-state index contributed by atoms with van der Waals surface area (Å²) in [7, 11) is 0. The van der Waals surface area contributed by atoms with E-state index < -0.39 is 0 Å². The summed E-state index contributed by atoms with van der Waals surface area (Å²) in [6.45, 7) is 8.63. The fourth-order valence-electron chi connectivity index (χ4n) is 2.49. The molecule has 1 aromatic heterocycles. The summed E-state index contributed by atoms with van der Waals surface area (Å²) >= 11 is 1.61. The molecule has 2 heterocycles. The maximum Gasteiger partial charge on any atom is 0.208 e. The van der Waals surface area contributed by atoms with Crippen molar-refractivity contribution in [2.75, 3.05) is 31.1 Å². The van der Waals surface area contributed by atoms with Crippen LogP contribution in [0.2, 0.25) is 0 Å². The second-order valence-electron chi connectivity index (χ2n) is 5.55. The van der Waals surface area contributed by atoms with Crippen LogP contribution in [0.15, 0.2) is 24.3 Å². The Labute approximate surface area is 128 Å². The van der Waals surface area contributed by atoms with E-state index in [1.807, 2.05) is 12.1 Å². The SMILES string of the molecule is CC(C)N1CCN(c2nnc(-c3ccc(O)cc3)s2)CC1. The third-order valence-corrected chi connectivity index (χ3v) is 4.88. The van der Waals surface area contributed by atoms with Gasteiger partial charge >= 0.3 is 0 Å². The minimum Gasteiger partial charge on any atom is -0.508 e. The third kappa shape index (κ3) is 3.16. The van der Waals surface area contributed by atoms with Crippen molar-refractivity contribution in [3.8, 4) is 16.3 Å². The van der Waals surface area contributed by atoms with Gasteiger partial charge in [0.25, 0.3) is 0 Å². The summed E-state index contributed by atoms with van der Waals surface area (Å²) < 4.78 is 0. The number of aromatic nitrogens is 2. The van der Waals surface area contributed by atoms with Gasteiger partial charge in [0, 0.05) is 37.8 Å². The van der Waals surface area contributed by atoms with Gasteiger partial charge in [-0.25, -0.2) is 0 Å². The molecule has 1 saturated heterocycles. The zero-order valence-corrected chi connectivity index (χ0v) is 13.2. The first-order valence-electron chi connectivity index (χ1n) is 7.25. The topological polar surface area (TPSA) is 52.5 Å². The average Bonchev–Trinajstić information content (AvgIpc) is 2.98. The molecule has 5 nitrogen and oxygen atoms in total. The lowest BCUT2D eigenvalue weighted by Gasteiger charge is -2.36. The zero-order chi connectivity index (χ0) is 14.8. The highest BCUT2D eigenvalue weighted by molar-refractivity contribution is 7.18. The molecule has 0 amide bonds. The van der Waals surface area contributed by atoms with Crippen molar-refractivity contribution >= 4 is 16.5 Å². The van der Waals surface area contributed by atoms with E-state index in [0.717, 1.165) is 41.9 Å². The largest absolute Gasteiger partial charge is 0.508 e. The molecule has 112 valence electrons. The summed E-state index contributed by atoms with van der Waals surface area (Å²) in [5.74, 6) is 0.272. The first-order valence-corrected chi connectivity index (χ1v) is 8.07. The van der Waals surface area contributed by atoms with Crippen LogP contribution in [0, 0.1) is 0 Å². The molecule has 0 bridgehead atoms. The number of benzene rings is 1. The van der Waals surface area contributed by atoms with Gasteiger partial charge in [0.05, 0.1) is 0 Å². The molecule has 0 radical (unpaired) electrons. The highest BCUT2D eigenvalue weighted by Crippen LogP contribution is 2.30. The Balaban J connectivity index is 1.70. The molecule has 1 fully saturated rings. The van der Waals surface area contributed by atoms with Crippen molar-refractivity contribution in [1.29, 1.82) is 0 Å². The number of phenolic OH excluding ortho intramolecular Hbond substituents is 1. The van der Waals surface area contributed by atoms with E-state index in [1.54, 1.807) is 23.5 Å². The van der Waals surface area contributed by atoms with Gasteiger partial charge in [0.15, 0.2) is 0 Å². The number of hydrogen-bond acceptors (Lipinski definition) is 6. The van der Waals surface area contributed by atoms with Crippen LogP contribution >= 0.6 is 11.3 Å². The van der Waals surface area contributed by atoms with Crippen molar-refractivity contribution < 1.29 is 5.11 Å². The van der Waals surface area contributed by atoms with Crippen LogP contribution in [0.1, 0.15) is 13.8 Å². The predicted octanol–water partition coefficient (Wildman–Crippen LogP) is 2.44. The highest BCUT2D eigenvalue weighted by atomic mass is 32.1. The summed E-state index contributed by atoms with van der Waals surface area (Å²) in [6.07, 6.45) is 0. The second-order valence-corrected chi connectivity index (χ2v) is 6.51. The van der Waals surface area contributed by atoms with E-state index in [0.29, 0.717) is 6.04 Å². The van der Waals surface area contributed by atoms with Crippen molar-refractivity contribution in [3.63, 3.8) is 0 Å². The zero-order valence-electron chi connectivity index (χ0n) is 12.4. The summed E-state index contributed by atoms with van der Waals surface area (Å²) in [5, 5.41) is 19.8.